The van der Waals surface area contributed by atoms with Crippen molar-refractivity contribution >= 4 is 34.9 Å². The van der Waals surface area contributed by atoms with Gasteiger partial charge in [0.15, 0.2) is 5.84 Å². The number of fused-ring (bicyclic) bond motifs is 1. The molecule has 0 bridgehead atoms. The Kier molecular flexibility index (Phi) is 3.71. The maximum atomic E-state index is 11.8. The fourth-order valence-electron chi connectivity index (χ4n) is 1.61. The average Bonchev–Trinajstić information content (AvgIpc) is 2.26. The maximum absolute atomic E-state index is 11.8. The van der Waals surface area contributed by atoms with Gasteiger partial charge in [-0.15, -0.1) is 0 Å². The maximum Gasteiger partial charge on any atom is 0.262 e. The molecule has 0 aromatic heterocycles. The van der Waals surface area contributed by atoms with Crippen LogP contribution in [0.25, 0.3) is 0 Å². The van der Waals surface area contributed by atoms with Gasteiger partial charge in [0, 0.05) is 12.7 Å². The van der Waals surface area contributed by atoms with Gasteiger partial charge in [-0.3, -0.25) is 4.79 Å². The molecule has 2 heterocycles. The zero-order valence-corrected chi connectivity index (χ0v) is 10.6. The van der Waals surface area contributed by atoms with Crippen LogP contribution in [-0.2, 0) is 4.79 Å². The van der Waals surface area contributed by atoms with E-state index in [1.165, 1.54) is 5.01 Å². The first-order valence-corrected chi connectivity index (χ1v) is 5.98. The van der Waals surface area contributed by atoms with Gasteiger partial charge < -0.3 is 10.6 Å². The molecule has 1 amide bonds. The van der Waals surface area contributed by atoms with Crippen molar-refractivity contribution in [3.8, 4) is 0 Å². The van der Waals surface area contributed by atoms with Gasteiger partial charge in [-0.1, -0.05) is 23.2 Å². The van der Waals surface area contributed by atoms with Crippen LogP contribution in [0.3, 0.4) is 0 Å². The fraction of sp³-hybridized carbons (Fsp3) is 0.400. The summed E-state index contributed by atoms with van der Waals surface area (Å²) in [5, 5.41) is 6.53. The van der Waals surface area contributed by atoms with E-state index in [9.17, 15) is 4.79 Å². The van der Waals surface area contributed by atoms with Crippen molar-refractivity contribution in [2.75, 3.05) is 19.6 Å². The minimum atomic E-state index is -0.0886. The van der Waals surface area contributed by atoms with E-state index in [1.54, 1.807) is 17.2 Å². The molecule has 0 fully saturated rings. The number of hydrogen-bond acceptors (Lipinski definition) is 4. The SMILES string of the molecule is NCCCN1N=C2C(Cl)=CC(Cl)=CN2CC1=O. The van der Waals surface area contributed by atoms with Gasteiger partial charge in [0.05, 0.1) is 10.1 Å². The highest BCUT2D eigenvalue weighted by Crippen LogP contribution is 2.24. The number of amidine groups is 1. The van der Waals surface area contributed by atoms with Gasteiger partial charge >= 0.3 is 0 Å². The zero-order chi connectivity index (χ0) is 12.4. The van der Waals surface area contributed by atoms with Crippen molar-refractivity contribution in [3.63, 3.8) is 0 Å². The number of amides is 1. The lowest BCUT2D eigenvalue weighted by molar-refractivity contribution is -0.132. The lowest BCUT2D eigenvalue weighted by atomic mass is 10.3. The van der Waals surface area contributed by atoms with Crippen molar-refractivity contribution in [1.29, 1.82) is 0 Å². The molecule has 0 unspecified atom stereocenters. The third-order valence-corrected chi connectivity index (χ3v) is 2.90. The molecule has 7 heteroatoms. The number of carbonyl (C=O) groups excluding carboxylic acids is 1. The number of hydrazone groups is 1. The molecule has 0 aromatic carbocycles. The fourth-order valence-corrected chi connectivity index (χ4v) is 2.16. The number of nitrogens with zero attached hydrogens (tertiary/aromatic N) is 3. The Balaban J connectivity index is 2.22. The molecular weight excluding hydrogens is 263 g/mol. The second-order valence-electron chi connectivity index (χ2n) is 3.72. The summed E-state index contributed by atoms with van der Waals surface area (Å²) in [4.78, 5) is 13.4. The topological polar surface area (TPSA) is 61.9 Å². The molecule has 17 heavy (non-hydrogen) atoms. The van der Waals surface area contributed by atoms with Crippen molar-refractivity contribution < 1.29 is 4.79 Å². The normalized spacial score (nSPS) is 19.7. The Hall–Kier alpha value is -1.04. The van der Waals surface area contributed by atoms with E-state index in [2.05, 4.69) is 5.10 Å². The van der Waals surface area contributed by atoms with Crippen LogP contribution in [0.2, 0.25) is 0 Å². The summed E-state index contributed by atoms with van der Waals surface area (Å²) in [5.74, 6) is 0.460. The summed E-state index contributed by atoms with van der Waals surface area (Å²) in [7, 11) is 0. The highest BCUT2D eigenvalue weighted by Gasteiger charge is 2.28. The average molecular weight is 275 g/mol. The quantitative estimate of drug-likeness (QED) is 0.836. The van der Waals surface area contributed by atoms with E-state index < -0.39 is 0 Å². The van der Waals surface area contributed by atoms with Crippen LogP contribution in [0.4, 0.5) is 0 Å². The van der Waals surface area contributed by atoms with Crippen LogP contribution < -0.4 is 5.73 Å². The van der Waals surface area contributed by atoms with Crippen LogP contribution in [0.5, 0.6) is 0 Å². The molecule has 0 spiro atoms. The smallest absolute Gasteiger partial charge is 0.262 e. The highest BCUT2D eigenvalue weighted by molar-refractivity contribution is 6.45. The number of allylic oxidation sites excluding steroid dienone is 2. The van der Waals surface area contributed by atoms with E-state index in [1.807, 2.05) is 0 Å². The molecule has 2 N–H and O–H groups in total. The predicted molar refractivity (Wildman–Crippen MR) is 67.4 cm³/mol. The lowest BCUT2D eigenvalue weighted by Gasteiger charge is -2.32. The molecule has 0 saturated carbocycles. The van der Waals surface area contributed by atoms with Crippen LogP contribution in [0, 0.1) is 0 Å². The molecule has 92 valence electrons. The first-order chi connectivity index (χ1) is 8.11. The third-order valence-electron chi connectivity index (χ3n) is 2.41. The van der Waals surface area contributed by atoms with Crippen molar-refractivity contribution in [2.45, 2.75) is 6.42 Å². The van der Waals surface area contributed by atoms with Crippen molar-refractivity contribution in [1.82, 2.24) is 9.91 Å². The largest absolute Gasteiger partial charge is 0.330 e. The zero-order valence-electron chi connectivity index (χ0n) is 9.07. The number of nitrogens with two attached hydrogens (primary N) is 1. The highest BCUT2D eigenvalue weighted by atomic mass is 35.5. The molecule has 0 atom stereocenters. The van der Waals surface area contributed by atoms with Crippen LogP contribution in [0.1, 0.15) is 6.42 Å². The minimum Gasteiger partial charge on any atom is -0.330 e. The van der Waals surface area contributed by atoms with E-state index >= 15 is 0 Å². The summed E-state index contributed by atoms with van der Waals surface area (Å²) < 4.78 is 0. The van der Waals surface area contributed by atoms with Gasteiger partial charge in [0.1, 0.15) is 6.54 Å². The second-order valence-corrected chi connectivity index (χ2v) is 4.56. The summed E-state index contributed by atoms with van der Waals surface area (Å²) in [5.41, 5.74) is 5.41. The molecule has 0 aliphatic carbocycles. The molecule has 0 aromatic rings. The van der Waals surface area contributed by atoms with Crippen molar-refractivity contribution in [2.24, 2.45) is 10.8 Å². The molecule has 0 saturated heterocycles. The number of halogens is 2. The van der Waals surface area contributed by atoms with Crippen LogP contribution in [-0.4, -0.2) is 41.3 Å². The van der Waals surface area contributed by atoms with Crippen molar-refractivity contribution in [3.05, 3.63) is 22.3 Å². The van der Waals surface area contributed by atoms with E-state index in [0.717, 1.165) is 0 Å². The molecule has 0 radical (unpaired) electrons. The Bertz CT molecular complexity index is 430. The summed E-state index contributed by atoms with van der Waals surface area (Å²) in [6, 6.07) is 0. The monoisotopic (exact) mass is 274 g/mol. The van der Waals surface area contributed by atoms with E-state index in [-0.39, 0.29) is 12.5 Å². The predicted octanol–water partition coefficient (Wildman–Crippen LogP) is 1.01. The van der Waals surface area contributed by atoms with Gasteiger partial charge in [-0.25, -0.2) is 5.01 Å². The van der Waals surface area contributed by atoms with Gasteiger partial charge in [0.2, 0.25) is 0 Å². The summed E-state index contributed by atoms with van der Waals surface area (Å²) >= 11 is 11.9. The summed E-state index contributed by atoms with van der Waals surface area (Å²) in [6.45, 7) is 1.23. The molecule has 2 rings (SSSR count). The first kappa shape index (κ1) is 12.4. The Morgan fingerprint density at radius 3 is 2.94 bits per heavy atom. The second kappa shape index (κ2) is 5.08. The Labute approximate surface area is 109 Å². The molecule has 2 aliphatic rings. The number of hydrogen-bond donors (Lipinski definition) is 1. The summed E-state index contributed by atoms with van der Waals surface area (Å²) in [6.07, 6.45) is 3.96. The molecular formula is C10H12Cl2N4O. The van der Waals surface area contributed by atoms with Gasteiger partial charge in [0.25, 0.3) is 5.91 Å². The molecule has 5 nitrogen and oxygen atoms in total. The molecule has 2 aliphatic heterocycles. The third kappa shape index (κ3) is 2.62. The van der Waals surface area contributed by atoms with E-state index in [0.29, 0.717) is 35.4 Å². The van der Waals surface area contributed by atoms with Crippen LogP contribution >= 0.6 is 23.2 Å². The number of carbonyl (C=O) groups is 1. The Morgan fingerprint density at radius 1 is 1.47 bits per heavy atom. The van der Waals surface area contributed by atoms with Gasteiger partial charge in [-0.2, -0.15) is 5.10 Å². The minimum absolute atomic E-state index is 0.0886. The first-order valence-electron chi connectivity index (χ1n) is 5.22. The Morgan fingerprint density at radius 2 is 2.24 bits per heavy atom. The van der Waals surface area contributed by atoms with Gasteiger partial charge in [-0.05, 0) is 19.0 Å². The standard InChI is InChI=1S/C10H12Cl2N4O/c11-7-4-8(12)10-14-16(3-1-2-13)9(17)6-15(10)5-7/h4-5H,1-3,6,13H2. The lowest BCUT2D eigenvalue weighted by Crippen LogP contribution is -2.46. The van der Waals surface area contributed by atoms with E-state index in [4.69, 9.17) is 28.9 Å². The number of rotatable bonds is 3. The van der Waals surface area contributed by atoms with Crippen LogP contribution in [0.15, 0.2) is 27.4 Å².